The standard InChI is InChI=1S/C30H34N4O3/c1-36-25-13-14-26(29(19-25)37-2)28-20-27(24-11-7-4-8-12-24)31-34(28)30(35)22-33-17-15-32(16-18-33)21-23-9-5-3-6-10-23/h3-14,19,28H,15-18,20-22H2,1-2H3/t28-/m1/s1. The van der Waals surface area contributed by atoms with E-state index in [0.29, 0.717) is 24.5 Å². The lowest BCUT2D eigenvalue weighted by Crippen LogP contribution is -2.49. The molecule has 1 saturated heterocycles. The minimum atomic E-state index is -0.233. The van der Waals surface area contributed by atoms with Crippen LogP contribution in [0.2, 0.25) is 0 Å². The maximum absolute atomic E-state index is 13.7. The Balaban J connectivity index is 1.30. The zero-order valence-corrected chi connectivity index (χ0v) is 21.5. The molecule has 1 amide bonds. The van der Waals surface area contributed by atoms with Crippen molar-refractivity contribution in [1.82, 2.24) is 14.8 Å². The fraction of sp³-hybridized carbons (Fsp3) is 0.333. The number of methoxy groups -OCH3 is 2. The molecule has 7 heteroatoms. The largest absolute Gasteiger partial charge is 0.497 e. The van der Waals surface area contributed by atoms with Crippen LogP contribution in [0.1, 0.15) is 29.2 Å². The molecule has 37 heavy (non-hydrogen) atoms. The maximum Gasteiger partial charge on any atom is 0.257 e. The van der Waals surface area contributed by atoms with Gasteiger partial charge in [-0.15, -0.1) is 0 Å². The van der Waals surface area contributed by atoms with Crippen LogP contribution in [-0.4, -0.2) is 73.4 Å². The summed E-state index contributed by atoms with van der Waals surface area (Å²) in [7, 11) is 3.28. The van der Waals surface area contributed by atoms with Gasteiger partial charge in [0.05, 0.1) is 32.5 Å². The van der Waals surface area contributed by atoms with Gasteiger partial charge in [-0.05, 0) is 23.3 Å². The first-order valence-corrected chi connectivity index (χ1v) is 12.8. The van der Waals surface area contributed by atoms with Gasteiger partial charge in [0.25, 0.3) is 5.91 Å². The molecular formula is C30H34N4O3. The molecule has 0 unspecified atom stereocenters. The highest BCUT2D eigenvalue weighted by Crippen LogP contribution is 2.39. The summed E-state index contributed by atoms with van der Waals surface area (Å²) in [6, 6.07) is 26.1. The molecule has 2 heterocycles. The summed E-state index contributed by atoms with van der Waals surface area (Å²) in [6.45, 7) is 4.89. The summed E-state index contributed by atoms with van der Waals surface area (Å²) in [4.78, 5) is 18.4. The van der Waals surface area contributed by atoms with Crippen LogP contribution in [0.25, 0.3) is 0 Å². The van der Waals surface area contributed by atoms with E-state index in [1.54, 1.807) is 19.2 Å². The Kier molecular flexibility index (Phi) is 7.82. The molecule has 2 aliphatic heterocycles. The summed E-state index contributed by atoms with van der Waals surface area (Å²) in [6.07, 6.45) is 0.628. The highest BCUT2D eigenvalue weighted by molar-refractivity contribution is 6.03. The predicted molar refractivity (Wildman–Crippen MR) is 145 cm³/mol. The minimum absolute atomic E-state index is 0.00492. The van der Waals surface area contributed by atoms with Gasteiger partial charge < -0.3 is 9.47 Å². The average Bonchev–Trinajstić information content (AvgIpc) is 3.40. The Bertz CT molecular complexity index is 1220. The highest BCUT2D eigenvalue weighted by Gasteiger charge is 2.35. The lowest BCUT2D eigenvalue weighted by Gasteiger charge is -2.35. The van der Waals surface area contributed by atoms with Gasteiger partial charge in [0.2, 0.25) is 0 Å². The van der Waals surface area contributed by atoms with Gasteiger partial charge in [-0.25, -0.2) is 5.01 Å². The Labute approximate surface area is 218 Å². The number of hydrazone groups is 1. The number of carbonyl (C=O) groups excluding carboxylic acids is 1. The van der Waals surface area contributed by atoms with Gasteiger partial charge in [-0.1, -0.05) is 60.7 Å². The van der Waals surface area contributed by atoms with Crippen molar-refractivity contribution in [3.8, 4) is 11.5 Å². The number of piperazine rings is 1. The van der Waals surface area contributed by atoms with E-state index < -0.39 is 0 Å². The number of amides is 1. The SMILES string of the molecule is COc1ccc([C@H]2CC(c3ccccc3)=NN2C(=O)CN2CCN(Cc3ccccc3)CC2)c(OC)c1. The number of hydrogen-bond donors (Lipinski definition) is 0. The van der Waals surface area contributed by atoms with E-state index in [1.807, 2.05) is 54.6 Å². The Morgan fingerprint density at radius 1 is 0.865 bits per heavy atom. The molecule has 1 atom stereocenters. The molecule has 0 N–H and O–H groups in total. The van der Waals surface area contributed by atoms with Crippen LogP contribution in [0, 0.1) is 0 Å². The molecule has 0 aliphatic carbocycles. The van der Waals surface area contributed by atoms with Crippen molar-refractivity contribution in [2.75, 3.05) is 46.9 Å². The van der Waals surface area contributed by atoms with Crippen molar-refractivity contribution in [3.05, 3.63) is 95.6 Å². The van der Waals surface area contributed by atoms with E-state index in [-0.39, 0.29) is 11.9 Å². The maximum atomic E-state index is 13.7. The molecule has 3 aromatic carbocycles. The van der Waals surface area contributed by atoms with E-state index >= 15 is 0 Å². The third-order valence-electron chi connectivity index (χ3n) is 7.15. The van der Waals surface area contributed by atoms with Crippen molar-refractivity contribution in [2.45, 2.75) is 19.0 Å². The smallest absolute Gasteiger partial charge is 0.257 e. The summed E-state index contributed by atoms with van der Waals surface area (Å²) in [5, 5.41) is 6.52. The van der Waals surface area contributed by atoms with E-state index in [4.69, 9.17) is 14.6 Å². The second-order valence-electron chi connectivity index (χ2n) is 9.52. The molecule has 3 aromatic rings. The molecular weight excluding hydrogens is 464 g/mol. The lowest BCUT2D eigenvalue weighted by molar-refractivity contribution is -0.134. The van der Waals surface area contributed by atoms with Crippen molar-refractivity contribution >= 4 is 11.6 Å². The molecule has 1 fully saturated rings. The van der Waals surface area contributed by atoms with Gasteiger partial charge >= 0.3 is 0 Å². The van der Waals surface area contributed by atoms with E-state index in [1.165, 1.54) is 5.56 Å². The third kappa shape index (κ3) is 5.84. The molecule has 192 valence electrons. The first-order valence-electron chi connectivity index (χ1n) is 12.8. The summed E-state index contributed by atoms with van der Waals surface area (Å²) in [5.41, 5.74) is 4.19. The molecule has 2 aliphatic rings. The average molecular weight is 499 g/mol. The Morgan fingerprint density at radius 3 is 2.22 bits per heavy atom. The Hall–Kier alpha value is -3.68. The molecule has 0 aromatic heterocycles. The first-order chi connectivity index (χ1) is 18.1. The normalized spacial score (nSPS) is 18.5. The van der Waals surface area contributed by atoms with Gasteiger partial charge in [-0.3, -0.25) is 14.6 Å². The van der Waals surface area contributed by atoms with E-state index in [2.05, 4.69) is 34.1 Å². The zero-order valence-electron chi connectivity index (χ0n) is 21.5. The number of ether oxygens (including phenoxy) is 2. The monoisotopic (exact) mass is 498 g/mol. The minimum Gasteiger partial charge on any atom is -0.497 e. The lowest BCUT2D eigenvalue weighted by atomic mass is 9.97. The van der Waals surface area contributed by atoms with Crippen LogP contribution in [-0.2, 0) is 11.3 Å². The van der Waals surface area contributed by atoms with Crippen LogP contribution in [0.4, 0.5) is 0 Å². The van der Waals surface area contributed by atoms with Crippen LogP contribution < -0.4 is 9.47 Å². The molecule has 0 spiro atoms. The topological polar surface area (TPSA) is 57.6 Å². The number of nitrogens with zero attached hydrogens (tertiary/aromatic N) is 4. The van der Waals surface area contributed by atoms with Crippen molar-refractivity contribution in [2.24, 2.45) is 5.10 Å². The van der Waals surface area contributed by atoms with Crippen molar-refractivity contribution in [1.29, 1.82) is 0 Å². The molecule has 7 nitrogen and oxygen atoms in total. The van der Waals surface area contributed by atoms with Gasteiger partial charge in [-0.2, -0.15) is 5.10 Å². The fourth-order valence-electron chi connectivity index (χ4n) is 5.09. The third-order valence-corrected chi connectivity index (χ3v) is 7.15. The van der Waals surface area contributed by atoms with Crippen LogP contribution in [0.15, 0.2) is 84.0 Å². The fourth-order valence-corrected chi connectivity index (χ4v) is 5.09. The second-order valence-corrected chi connectivity index (χ2v) is 9.52. The molecule has 0 bridgehead atoms. The molecule has 5 rings (SSSR count). The number of carbonyl (C=O) groups is 1. The van der Waals surface area contributed by atoms with Gasteiger partial charge in [0, 0.05) is 50.8 Å². The van der Waals surface area contributed by atoms with Crippen LogP contribution >= 0.6 is 0 Å². The highest BCUT2D eigenvalue weighted by atomic mass is 16.5. The molecule has 0 saturated carbocycles. The number of benzene rings is 3. The van der Waals surface area contributed by atoms with Gasteiger partial charge in [0.1, 0.15) is 11.5 Å². The molecule has 0 radical (unpaired) electrons. The summed E-state index contributed by atoms with van der Waals surface area (Å²) in [5.74, 6) is 1.42. The first kappa shape index (κ1) is 25.0. The summed E-state index contributed by atoms with van der Waals surface area (Å²) >= 11 is 0. The quantitative estimate of drug-likeness (QED) is 0.466. The van der Waals surface area contributed by atoms with E-state index in [9.17, 15) is 4.79 Å². The van der Waals surface area contributed by atoms with Crippen molar-refractivity contribution < 1.29 is 14.3 Å². The van der Waals surface area contributed by atoms with Crippen molar-refractivity contribution in [3.63, 3.8) is 0 Å². The number of hydrogen-bond acceptors (Lipinski definition) is 6. The van der Waals surface area contributed by atoms with Crippen LogP contribution in [0.3, 0.4) is 0 Å². The second kappa shape index (κ2) is 11.6. The van der Waals surface area contributed by atoms with Crippen LogP contribution in [0.5, 0.6) is 11.5 Å². The Morgan fingerprint density at radius 2 is 1.54 bits per heavy atom. The predicted octanol–water partition coefficient (Wildman–Crippen LogP) is 4.20. The summed E-state index contributed by atoms with van der Waals surface area (Å²) < 4.78 is 11.1. The number of rotatable bonds is 8. The zero-order chi connectivity index (χ0) is 25.6. The van der Waals surface area contributed by atoms with Gasteiger partial charge in [0.15, 0.2) is 0 Å². The van der Waals surface area contributed by atoms with E-state index in [0.717, 1.165) is 49.6 Å².